The SMILES string of the molecule is CCCCCNC(=O)c1cc2c(=O)n3ccccc3nc2n(CCCCC)c1=N. The second kappa shape index (κ2) is 9.49. The fourth-order valence-corrected chi connectivity index (χ4v) is 3.47. The molecule has 3 aromatic rings. The smallest absolute Gasteiger partial charge is 0.267 e. The van der Waals surface area contributed by atoms with Crippen LogP contribution in [0.25, 0.3) is 16.7 Å². The first-order chi connectivity index (χ1) is 14.1. The molecule has 0 atom stereocenters. The van der Waals surface area contributed by atoms with Gasteiger partial charge in [0, 0.05) is 19.3 Å². The number of fused-ring (bicyclic) bond motifs is 2. The highest BCUT2D eigenvalue weighted by Gasteiger charge is 2.17. The van der Waals surface area contributed by atoms with E-state index in [0.717, 1.165) is 38.5 Å². The predicted molar refractivity (Wildman–Crippen MR) is 114 cm³/mol. The van der Waals surface area contributed by atoms with Gasteiger partial charge in [-0.1, -0.05) is 45.6 Å². The van der Waals surface area contributed by atoms with Crippen LogP contribution in [0.4, 0.5) is 0 Å². The van der Waals surface area contributed by atoms with Crippen LogP contribution < -0.4 is 16.4 Å². The van der Waals surface area contributed by atoms with E-state index in [9.17, 15) is 9.59 Å². The summed E-state index contributed by atoms with van der Waals surface area (Å²) in [5.74, 6) is -0.310. The van der Waals surface area contributed by atoms with E-state index in [-0.39, 0.29) is 22.5 Å². The lowest BCUT2D eigenvalue weighted by Gasteiger charge is -2.14. The number of nitrogens with zero attached hydrogens (tertiary/aromatic N) is 3. The van der Waals surface area contributed by atoms with Crippen LogP contribution in [0.5, 0.6) is 0 Å². The van der Waals surface area contributed by atoms with E-state index in [1.165, 1.54) is 10.5 Å². The molecule has 3 rings (SSSR count). The molecule has 0 unspecified atom stereocenters. The van der Waals surface area contributed by atoms with E-state index in [1.807, 2.05) is 6.07 Å². The number of nitrogens with one attached hydrogen (secondary N) is 2. The molecule has 0 bridgehead atoms. The maximum Gasteiger partial charge on any atom is 0.267 e. The third-order valence-corrected chi connectivity index (χ3v) is 5.11. The minimum Gasteiger partial charge on any atom is -0.352 e. The number of unbranched alkanes of at least 4 members (excludes halogenated alkanes) is 4. The summed E-state index contributed by atoms with van der Waals surface area (Å²) in [5.41, 5.74) is 1.10. The zero-order chi connectivity index (χ0) is 20.8. The van der Waals surface area contributed by atoms with Crippen molar-refractivity contribution in [3.8, 4) is 0 Å². The van der Waals surface area contributed by atoms with Crippen molar-refractivity contribution in [1.82, 2.24) is 19.3 Å². The van der Waals surface area contributed by atoms with Gasteiger partial charge in [0.15, 0.2) is 0 Å². The number of pyridine rings is 2. The van der Waals surface area contributed by atoms with Crippen LogP contribution in [0.1, 0.15) is 62.7 Å². The lowest BCUT2D eigenvalue weighted by Crippen LogP contribution is -2.35. The number of rotatable bonds is 9. The molecule has 0 saturated heterocycles. The Morgan fingerprint density at radius 2 is 1.90 bits per heavy atom. The minimum absolute atomic E-state index is 0.105. The van der Waals surface area contributed by atoms with E-state index in [1.54, 1.807) is 22.9 Å². The predicted octanol–water partition coefficient (Wildman–Crippen LogP) is 3.24. The zero-order valence-electron chi connectivity index (χ0n) is 17.2. The first kappa shape index (κ1) is 20.8. The molecule has 7 heteroatoms. The van der Waals surface area contributed by atoms with Crippen molar-refractivity contribution in [3.63, 3.8) is 0 Å². The van der Waals surface area contributed by atoms with Crippen LogP contribution in [0.2, 0.25) is 0 Å². The van der Waals surface area contributed by atoms with Gasteiger partial charge in [-0.05, 0) is 31.0 Å². The summed E-state index contributed by atoms with van der Waals surface area (Å²) in [5, 5.41) is 11.9. The van der Waals surface area contributed by atoms with E-state index in [2.05, 4.69) is 24.1 Å². The molecule has 0 saturated carbocycles. The molecule has 0 aliphatic rings. The molecule has 7 nitrogen and oxygen atoms in total. The molecule has 0 fully saturated rings. The Morgan fingerprint density at radius 3 is 2.66 bits per heavy atom. The van der Waals surface area contributed by atoms with Gasteiger partial charge in [0.25, 0.3) is 11.5 Å². The zero-order valence-corrected chi connectivity index (χ0v) is 17.2. The fourth-order valence-electron chi connectivity index (χ4n) is 3.47. The Labute approximate surface area is 169 Å². The summed E-state index contributed by atoms with van der Waals surface area (Å²) < 4.78 is 3.19. The van der Waals surface area contributed by atoms with Crippen LogP contribution >= 0.6 is 0 Å². The lowest BCUT2D eigenvalue weighted by atomic mass is 10.1. The fraction of sp³-hybridized carbons (Fsp3) is 0.455. The quantitative estimate of drug-likeness (QED) is 0.430. The van der Waals surface area contributed by atoms with Gasteiger partial charge in [-0.3, -0.25) is 19.4 Å². The Kier molecular flexibility index (Phi) is 6.80. The standard InChI is InChI=1S/C22H29N5O2/c1-3-5-8-12-24-21(28)16-15-17-20(27(19(16)23)14-9-6-4-2)25-18-11-7-10-13-26(18)22(17)29/h7,10-11,13,15,23H,3-6,8-9,12,14H2,1-2H3,(H,24,28). The van der Waals surface area contributed by atoms with E-state index < -0.39 is 0 Å². The van der Waals surface area contributed by atoms with Gasteiger partial charge in [0.05, 0.1) is 10.9 Å². The van der Waals surface area contributed by atoms with Gasteiger partial charge in [-0.15, -0.1) is 0 Å². The maximum atomic E-state index is 13.1. The average Bonchev–Trinajstić information content (AvgIpc) is 2.73. The normalized spacial score (nSPS) is 11.2. The number of hydrogen-bond donors (Lipinski definition) is 2. The third kappa shape index (κ3) is 4.39. The number of aromatic nitrogens is 3. The highest BCUT2D eigenvalue weighted by Crippen LogP contribution is 2.11. The van der Waals surface area contributed by atoms with Crippen molar-refractivity contribution in [2.24, 2.45) is 0 Å². The minimum atomic E-state index is -0.310. The first-order valence-corrected chi connectivity index (χ1v) is 10.5. The van der Waals surface area contributed by atoms with Gasteiger partial charge in [0.1, 0.15) is 16.8 Å². The number of carbonyl (C=O) groups is 1. The molecule has 0 aliphatic heterocycles. The Hall–Kier alpha value is -2.96. The molecule has 3 aromatic heterocycles. The molecular weight excluding hydrogens is 366 g/mol. The Morgan fingerprint density at radius 1 is 1.14 bits per heavy atom. The molecule has 3 heterocycles. The second-order valence-corrected chi connectivity index (χ2v) is 7.31. The number of carbonyl (C=O) groups excluding carboxylic acids is 1. The number of amides is 1. The van der Waals surface area contributed by atoms with Crippen molar-refractivity contribution in [2.75, 3.05) is 6.54 Å². The molecular formula is C22H29N5O2. The summed E-state index contributed by atoms with van der Waals surface area (Å²) in [6, 6.07) is 6.90. The van der Waals surface area contributed by atoms with Crippen molar-refractivity contribution < 1.29 is 4.79 Å². The Bertz CT molecular complexity index is 1130. The molecule has 0 aliphatic carbocycles. The van der Waals surface area contributed by atoms with Crippen molar-refractivity contribution >= 4 is 22.6 Å². The van der Waals surface area contributed by atoms with Gasteiger partial charge < -0.3 is 9.88 Å². The summed E-state index contributed by atoms with van der Waals surface area (Å²) in [6.07, 6.45) is 7.59. The van der Waals surface area contributed by atoms with Crippen molar-refractivity contribution in [3.05, 3.63) is 51.9 Å². The first-order valence-electron chi connectivity index (χ1n) is 10.5. The molecule has 0 radical (unpaired) electrons. The summed E-state index contributed by atoms with van der Waals surface area (Å²) >= 11 is 0. The van der Waals surface area contributed by atoms with E-state index in [0.29, 0.717) is 29.8 Å². The van der Waals surface area contributed by atoms with Gasteiger partial charge in [-0.25, -0.2) is 4.98 Å². The Balaban J connectivity index is 2.14. The van der Waals surface area contributed by atoms with E-state index in [4.69, 9.17) is 5.41 Å². The lowest BCUT2D eigenvalue weighted by molar-refractivity contribution is 0.0950. The number of hydrogen-bond acceptors (Lipinski definition) is 4. The summed E-state index contributed by atoms with van der Waals surface area (Å²) in [7, 11) is 0. The summed E-state index contributed by atoms with van der Waals surface area (Å²) in [4.78, 5) is 30.5. The molecule has 0 spiro atoms. The van der Waals surface area contributed by atoms with Crippen molar-refractivity contribution in [2.45, 2.75) is 58.9 Å². The second-order valence-electron chi connectivity index (χ2n) is 7.31. The molecule has 29 heavy (non-hydrogen) atoms. The van der Waals surface area contributed by atoms with Crippen LogP contribution in [0.3, 0.4) is 0 Å². The highest BCUT2D eigenvalue weighted by atomic mass is 16.1. The molecule has 0 aromatic carbocycles. The van der Waals surface area contributed by atoms with E-state index >= 15 is 0 Å². The van der Waals surface area contributed by atoms with Crippen LogP contribution in [-0.4, -0.2) is 26.4 Å². The van der Waals surface area contributed by atoms with Crippen LogP contribution in [-0.2, 0) is 6.54 Å². The van der Waals surface area contributed by atoms with Crippen molar-refractivity contribution in [1.29, 1.82) is 5.41 Å². The topological polar surface area (TPSA) is 92.2 Å². The number of aryl methyl sites for hydroxylation is 1. The molecule has 2 N–H and O–H groups in total. The monoisotopic (exact) mass is 395 g/mol. The molecule has 154 valence electrons. The van der Waals surface area contributed by atoms with Gasteiger partial charge >= 0.3 is 0 Å². The van der Waals surface area contributed by atoms with Gasteiger partial charge in [-0.2, -0.15) is 0 Å². The van der Waals surface area contributed by atoms with Gasteiger partial charge in [0.2, 0.25) is 0 Å². The third-order valence-electron chi connectivity index (χ3n) is 5.11. The average molecular weight is 396 g/mol. The maximum absolute atomic E-state index is 13.1. The highest BCUT2D eigenvalue weighted by molar-refractivity contribution is 5.96. The molecule has 1 amide bonds. The largest absolute Gasteiger partial charge is 0.352 e. The van der Waals surface area contributed by atoms with Crippen LogP contribution in [0, 0.1) is 5.41 Å². The van der Waals surface area contributed by atoms with Crippen LogP contribution in [0.15, 0.2) is 35.3 Å². The summed E-state index contributed by atoms with van der Waals surface area (Å²) in [6.45, 7) is 5.34.